The van der Waals surface area contributed by atoms with E-state index in [9.17, 15) is 5.11 Å². The second kappa shape index (κ2) is 2.68. The lowest BCUT2D eigenvalue weighted by Gasteiger charge is -2.22. The first-order valence-electron chi connectivity index (χ1n) is 4.76. The first kappa shape index (κ1) is 8.20. The Morgan fingerprint density at radius 3 is 2.86 bits per heavy atom. The van der Waals surface area contributed by atoms with Gasteiger partial charge >= 0.3 is 0 Å². The molecule has 14 heavy (non-hydrogen) atoms. The van der Waals surface area contributed by atoms with Crippen LogP contribution in [0.4, 0.5) is 0 Å². The predicted octanol–water partition coefficient (Wildman–Crippen LogP) is 0.933. The van der Waals surface area contributed by atoms with Gasteiger partial charge in [-0.05, 0) is 6.42 Å². The molecule has 1 fully saturated rings. The van der Waals surface area contributed by atoms with Gasteiger partial charge in [-0.3, -0.25) is 4.98 Å². The molecule has 1 saturated heterocycles. The van der Waals surface area contributed by atoms with Crippen LogP contribution in [-0.2, 0) is 21.7 Å². The number of rotatable bonds is 0. The van der Waals surface area contributed by atoms with Crippen LogP contribution in [0.2, 0.25) is 0 Å². The molecule has 74 valence electrons. The van der Waals surface area contributed by atoms with E-state index >= 15 is 0 Å². The third-order valence-corrected chi connectivity index (χ3v) is 2.90. The highest BCUT2D eigenvalue weighted by Crippen LogP contribution is 2.45. The van der Waals surface area contributed by atoms with E-state index in [-0.39, 0.29) is 5.75 Å². The average molecular weight is 193 g/mol. The smallest absolute Gasteiger partial charge is 0.197 e. The SMILES string of the molecule is Oc1cncc2c1CCC21OCCO1. The van der Waals surface area contributed by atoms with E-state index in [1.54, 1.807) is 6.20 Å². The summed E-state index contributed by atoms with van der Waals surface area (Å²) in [5.74, 6) is -0.361. The lowest BCUT2D eigenvalue weighted by atomic mass is 10.1. The Bertz CT molecular complexity index is 372. The summed E-state index contributed by atoms with van der Waals surface area (Å²) in [6, 6.07) is 0. The van der Waals surface area contributed by atoms with Gasteiger partial charge in [-0.15, -0.1) is 0 Å². The summed E-state index contributed by atoms with van der Waals surface area (Å²) in [7, 11) is 0. The van der Waals surface area contributed by atoms with Crippen molar-refractivity contribution < 1.29 is 14.6 Å². The summed E-state index contributed by atoms with van der Waals surface area (Å²) in [6.45, 7) is 1.24. The minimum absolute atomic E-state index is 0.249. The Morgan fingerprint density at radius 2 is 2.07 bits per heavy atom. The number of pyridine rings is 1. The Kier molecular flexibility index (Phi) is 1.57. The number of hydrogen-bond acceptors (Lipinski definition) is 4. The molecule has 4 nitrogen and oxygen atoms in total. The van der Waals surface area contributed by atoms with Gasteiger partial charge in [0.2, 0.25) is 0 Å². The molecule has 0 atom stereocenters. The second-order valence-corrected chi connectivity index (χ2v) is 3.63. The Labute approximate surface area is 81.5 Å². The minimum Gasteiger partial charge on any atom is -0.506 e. The quantitative estimate of drug-likeness (QED) is 0.666. The number of fused-ring (bicyclic) bond motifs is 2. The van der Waals surface area contributed by atoms with Crippen LogP contribution in [0.3, 0.4) is 0 Å². The maximum atomic E-state index is 9.60. The predicted molar refractivity (Wildman–Crippen MR) is 47.8 cm³/mol. The first-order chi connectivity index (χ1) is 6.82. The maximum absolute atomic E-state index is 9.60. The number of ether oxygens (including phenoxy) is 2. The van der Waals surface area contributed by atoms with Crippen LogP contribution in [0.1, 0.15) is 17.5 Å². The van der Waals surface area contributed by atoms with Gasteiger partial charge in [-0.2, -0.15) is 0 Å². The molecule has 4 heteroatoms. The van der Waals surface area contributed by atoms with Crippen molar-refractivity contribution in [3.63, 3.8) is 0 Å². The zero-order valence-corrected chi connectivity index (χ0v) is 7.69. The van der Waals surface area contributed by atoms with Gasteiger partial charge in [-0.1, -0.05) is 0 Å². The van der Waals surface area contributed by atoms with Crippen molar-refractivity contribution >= 4 is 0 Å². The Balaban J connectivity index is 2.14. The molecular weight excluding hydrogens is 182 g/mol. The highest BCUT2D eigenvalue weighted by atomic mass is 16.7. The maximum Gasteiger partial charge on any atom is 0.197 e. The molecule has 1 aliphatic heterocycles. The third kappa shape index (κ3) is 0.923. The van der Waals surface area contributed by atoms with E-state index < -0.39 is 5.79 Å². The van der Waals surface area contributed by atoms with Gasteiger partial charge < -0.3 is 14.6 Å². The Hall–Kier alpha value is -1.13. The molecule has 1 aromatic heterocycles. The molecule has 1 aliphatic carbocycles. The molecule has 0 saturated carbocycles. The van der Waals surface area contributed by atoms with E-state index in [0.717, 1.165) is 24.0 Å². The summed E-state index contributed by atoms with van der Waals surface area (Å²) in [5.41, 5.74) is 1.82. The fourth-order valence-corrected chi connectivity index (χ4v) is 2.25. The summed E-state index contributed by atoms with van der Waals surface area (Å²) >= 11 is 0. The van der Waals surface area contributed by atoms with Crippen LogP contribution in [0.5, 0.6) is 5.75 Å². The zero-order valence-electron chi connectivity index (χ0n) is 7.69. The van der Waals surface area contributed by atoms with Gasteiger partial charge in [0.05, 0.1) is 19.4 Å². The molecule has 3 rings (SSSR count). The molecule has 0 aromatic carbocycles. The summed E-state index contributed by atoms with van der Waals surface area (Å²) < 4.78 is 11.2. The van der Waals surface area contributed by atoms with Gasteiger partial charge in [0.25, 0.3) is 0 Å². The van der Waals surface area contributed by atoms with Gasteiger partial charge in [0, 0.05) is 23.7 Å². The zero-order chi connectivity index (χ0) is 9.60. The van der Waals surface area contributed by atoms with Crippen molar-refractivity contribution in [1.29, 1.82) is 0 Å². The van der Waals surface area contributed by atoms with Crippen molar-refractivity contribution in [2.24, 2.45) is 0 Å². The largest absolute Gasteiger partial charge is 0.506 e. The van der Waals surface area contributed by atoms with Crippen LogP contribution >= 0.6 is 0 Å². The molecule has 0 radical (unpaired) electrons. The molecule has 0 bridgehead atoms. The van der Waals surface area contributed by atoms with Gasteiger partial charge in [-0.25, -0.2) is 0 Å². The summed E-state index contributed by atoms with van der Waals surface area (Å²) in [4.78, 5) is 3.96. The number of aromatic hydroxyl groups is 1. The minimum atomic E-state index is -0.610. The molecule has 2 aliphatic rings. The van der Waals surface area contributed by atoms with Crippen LogP contribution < -0.4 is 0 Å². The van der Waals surface area contributed by atoms with Crippen LogP contribution in [0.25, 0.3) is 0 Å². The molecule has 1 N–H and O–H groups in total. The van der Waals surface area contributed by atoms with Gasteiger partial charge in [0.1, 0.15) is 5.75 Å². The number of nitrogens with zero attached hydrogens (tertiary/aromatic N) is 1. The molecule has 0 unspecified atom stereocenters. The van der Waals surface area contributed by atoms with E-state index in [1.165, 1.54) is 6.20 Å². The molecule has 2 heterocycles. The Morgan fingerprint density at radius 1 is 1.29 bits per heavy atom. The fraction of sp³-hybridized carbons (Fsp3) is 0.500. The topological polar surface area (TPSA) is 51.6 Å². The molecular formula is C10H11NO3. The normalized spacial score (nSPS) is 22.9. The summed E-state index contributed by atoms with van der Waals surface area (Å²) in [6.07, 6.45) is 4.77. The van der Waals surface area contributed by atoms with Crippen LogP contribution in [-0.4, -0.2) is 23.3 Å². The highest BCUT2D eigenvalue weighted by Gasteiger charge is 2.45. The standard InChI is InChI=1S/C10H11NO3/c12-9-6-11-5-8-7(9)1-2-10(8)13-3-4-14-10/h5-6,12H,1-4H2. The van der Waals surface area contributed by atoms with E-state index in [2.05, 4.69) is 4.98 Å². The van der Waals surface area contributed by atoms with Crippen LogP contribution in [0.15, 0.2) is 12.4 Å². The lowest BCUT2D eigenvalue weighted by molar-refractivity contribution is -0.163. The molecule has 1 aromatic rings. The third-order valence-electron chi connectivity index (χ3n) is 2.90. The van der Waals surface area contributed by atoms with Crippen molar-refractivity contribution in [3.8, 4) is 5.75 Å². The van der Waals surface area contributed by atoms with Crippen molar-refractivity contribution in [2.75, 3.05) is 13.2 Å². The van der Waals surface area contributed by atoms with E-state index in [0.29, 0.717) is 13.2 Å². The van der Waals surface area contributed by atoms with E-state index in [1.807, 2.05) is 0 Å². The molecule has 1 spiro atoms. The number of hydrogen-bond donors (Lipinski definition) is 1. The van der Waals surface area contributed by atoms with Gasteiger partial charge in [0.15, 0.2) is 5.79 Å². The first-order valence-corrected chi connectivity index (χ1v) is 4.76. The van der Waals surface area contributed by atoms with Crippen molar-refractivity contribution in [2.45, 2.75) is 18.6 Å². The fourth-order valence-electron chi connectivity index (χ4n) is 2.25. The van der Waals surface area contributed by atoms with Crippen molar-refractivity contribution in [1.82, 2.24) is 4.98 Å². The summed E-state index contributed by atoms with van der Waals surface area (Å²) in [5, 5.41) is 9.60. The van der Waals surface area contributed by atoms with Crippen molar-refractivity contribution in [3.05, 3.63) is 23.5 Å². The highest BCUT2D eigenvalue weighted by molar-refractivity contribution is 5.42. The van der Waals surface area contributed by atoms with Crippen LogP contribution in [0, 0.1) is 0 Å². The average Bonchev–Trinajstić information content (AvgIpc) is 2.78. The monoisotopic (exact) mass is 193 g/mol. The van der Waals surface area contributed by atoms with E-state index in [4.69, 9.17) is 9.47 Å². The second-order valence-electron chi connectivity index (χ2n) is 3.63. The lowest BCUT2D eigenvalue weighted by Crippen LogP contribution is -2.23. The number of aromatic nitrogens is 1. The molecule has 0 amide bonds.